The molecule has 0 aromatic heterocycles. The predicted molar refractivity (Wildman–Crippen MR) is 63.7 cm³/mol. The minimum Gasteiger partial charge on any atom is -0.370 e. The number of rotatable bonds is 4. The van der Waals surface area contributed by atoms with Gasteiger partial charge in [0.1, 0.15) is 6.10 Å². The first-order chi connectivity index (χ1) is 7.81. The van der Waals surface area contributed by atoms with Crippen LogP contribution in [0.15, 0.2) is 24.3 Å². The quantitative estimate of drug-likeness (QED) is 0.726. The van der Waals surface area contributed by atoms with Crippen LogP contribution in [0.2, 0.25) is 0 Å². The molecule has 86 valence electrons. The summed E-state index contributed by atoms with van der Waals surface area (Å²) in [4.78, 5) is 12.1. The summed E-state index contributed by atoms with van der Waals surface area (Å²) in [5.41, 5.74) is 2.05. The van der Waals surface area contributed by atoms with Gasteiger partial charge in [-0.05, 0) is 30.9 Å². The zero-order valence-corrected chi connectivity index (χ0v) is 9.74. The maximum absolute atomic E-state index is 12.1. The van der Waals surface area contributed by atoms with Crippen molar-refractivity contribution in [1.82, 2.24) is 0 Å². The van der Waals surface area contributed by atoms with Crippen LogP contribution in [-0.4, -0.2) is 18.5 Å². The lowest BCUT2D eigenvalue weighted by Gasteiger charge is -2.09. The molecule has 0 spiro atoms. The molecule has 2 rings (SSSR count). The molecule has 1 heterocycles. The van der Waals surface area contributed by atoms with Crippen LogP contribution in [0.25, 0.3) is 0 Å². The zero-order chi connectivity index (χ0) is 11.4. The molecule has 1 aliphatic heterocycles. The highest BCUT2D eigenvalue weighted by atomic mass is 16.5. The van der Waals surface area contributed by atoms with E-state index in [0.717, 1.165) is 37.9 Å². The Morgan fingerprint density at radius 1 is 1.50 bits per heavy atom. The van der Waals surface area contributed by atoms with Crippen molar-refractivity contribution in [3.63, 3.8) is 0 Å². The van der Waals surface area contributed by atoms with Gasteiger partial charge in [0, 0.05) is 12.2 Å². The molecule has 0 saturated carbocycles. The highest BCUT2D eigenvalue weighted by Crippen LogP contribution is 2.18. The fourth-order valence-corrected chi connectivity index (χ4v) is 2.14. The topological polar surface area (TPSA) is 26.3 Å². The van der Waals surface area contributed by atoms with Gasteiger partial charge in [-0.15, -0.1) is 0 Å². The fourth-order valence-electron chi connectivity index (χ4n) is 2.14. The first kappa shape index (κ1) is 11.3. The molecule has 0 radical (unpaired) electrons. The van der Waals surface area contributed by atoms with Crippen molar-refractivity contribution in [2.45, 2.75) is 38.7 Å². The van der Waals surface area contributed by atoms with E-state index < -0.39 is 0 Å². The molecule has 1 fully saturated rings. The summed E-state index contributed by atoms with van der Waals surface area (Å²) < 4.78 is 5.42. The summed E-state index contributed by atoms with van der Waals surface area (Å²) in [6.07, 6.45) is 3.82. The molecule has 0 N–H and O–H groups in total. The van der Waals surface area contributed by atoms with Gasteiger partial charge in [-0.25, -0.2) is 0 Å². The summed E-state index contributed by atoms with van der Waals surface area (Å²) in [6, 6.07) is 7.94. The molecule has 1 aliphatic rings. The van der Waals surface area contributed by atoms with E-state index in [4.69, 9.17) is 4.74 Å². The Kier molecular flexibility index (Phi) is 3.73. The summed E-state index contributed by atoms with van der Waals surface area (Å²) in [5, 5.41) is 0. The minimum atomic E-state index is -0.197. The largest absolute Gasteiger partial charge is 0.370 e. The van der Waals surface area contributed by atoms with Gasteiger partial charge in [0.05, 0.1) is 0 Å². The highest BCUT2D eigenvalue weighted by molar-refractivity contribution is 5.99. The molecule has 0 aliphatic carbocycles. The molecule has 0 bridgehead atoms. The van der Waals surface area contributed by atoms with Gasteiger partial charge in [-0.3, -0.25) is 4.79 Å². The van der Waals surface area contributed by atoms with Crippen molar-refractivity contribution in [3.05, 3.63) is 35.4 Å². The van der Waals surface area contributed by atoms with E-state index in [1.807, 2.05) is 18.2 Å². The molecule has 2 heteroatoms. The number of carbonyl (C=O) groups is 1. The summed E-state index contributed by atoms with van der Waals surface area (Å²) >= 11 is 0. The Labute approximate surface area is 96.6 Å². The number of hydrogen-bond donors (Lipinski definition) is 0. The van der Waals surface area contributed by atoms with Crippen molar-refractivity contribution < 1.29 is 9.53 Å². The molecule has 16 heavy (non-hydrogen) atoms. The van der Waals surface area contributed by atoms with E-state index in [0.29, 0.717) is 0 Å². The second kappa shape index (κ2) is 5.26. The lowest BCUT2D eigenvalue weighted by molar-refractivity contribution is 0.0643. The first-order valence-electron chi connectivity index (χ1n) is 6.06. The summed E-state index contributed by atoms with van der Waals surface area (Å²) in [5.74, 6) is 0.149. The van der Waals surface area contributed by atoms with Crippen molar-refractivity contribution in [1.29, 1.82) is 0 Å². The Morgan fingerprint density at radius 2 is 2.38 bits per heavy atom. The maximum atomic E-state index is 12.1. The van der Waals surface area contributed by atoms with Gasteiger partial charge in [-0.2, -0.15) is 0 Å². The average molecular weight is 218 g/mol. The molecule has 1 atom stereocenters. The van der Waals surface area contributed by atoms with E-state index in [-0.39, 0.29) is 11.9 Å². The van der Waals surface area contributed by atoms with Crippen LogP contribution < -0.4 is 0 Å². The average Bonchev–Trinajstić information content (AvgIpc) is 2.82. The van der Waals surface area contributed by atoms with Crippen molar-refractivity contribution in [3.8, 4) is 0 Å². The number of Topliss-reactive ketones (excluding diaryl/α,β-unsaturated/α-hetero) is 1. The van der Waals surface area contributed by atoms with E-state index in [2.05, 4.69) is 13.0 Å². The third kappa shape index (κ3) is 2.50. The van der Waals surface area contributed by atoms with Gasteiger partial charge in [-0.1, -0.05) is 31.5 Å². The normalized spacial score (nSPS) is 19.9. The molecule has 1 aromatic rings. The molecule has 1 unspecified atom stereocenters. The van der Waals surface area contributed by atoms with Gasteiger partial charge in [0.15, 0.2) is 5.78 Å². The summed E-state index contributed by atoms with van der Waals surface area (Å²) in [6.45, 7) is 2.87. The second-order valence-corrected chi connectivity index (χ2v) is 4.32. The van der Waals surface area contributed by atoms with E-state index in [1.165, 1.54) is 5.56 Å². The molecule has 1 aromatic carbocycles. The van der Waals surface area contributed by atoms with Crippen molar-refractivity contribution in [2.24, 2.45) is 0 Å². The Morgan fingerprint density at radius 3 is 3.06 bits per heavy atom. The molecular formula is C14H18O2. The monoisotopic (exact) mass is 218 g/mol. The maximum Gasteiger partial charge on any atom is 0.191 e. The molecule has 0 amide bonds. The Bertz CT molecular complexity index is 365. The van der Waals surface area contributed by atoms with Gasteiger partial charge < -0.3 is 4.74 Å². The van der Waals surface area contributed by atoms with Crippen LogP contribution in [0, 0.1) is 0 Å². The minimum absolute atomic E-state index is 0.149. The van der Waals surface area contributed by atoms with E-state index in [9.17, 15) is 4.79 Å². The number of hydrogen-bond acceptors (Lipinski definition) is 2. The lowest BCUT2D eigenvalue weighted by atomic mass is 10.0. The zero-order valence-electron chi connectivity index (χ0n) is 9.74. The highest BCUT2D eigenvalue weighted by Gasteiger charge is 2.24. The van der Waals surface area contributed by atoms with E-state index >= 15 is 0 Å². The van der Waals surface area contributed by atoms with E-state index in [1.54, 1.807) is 0 Å². The number of aryl methyl sites for hydroxylation is 1. The van der Waals surface area contributed by atoms with Crippen molar-refractivity contribution >= 4 is 5.78 Å². The lowest BCUT2D eigenvalue weighted by Crippen LogP contribution is -2.19. The van der Waals surface area contributed by atoms with Crippen molar-refractivity contribution in [2.75, 3.05) is 6.61 Å². The van der Waals surface area contributed by atoms with Crippen LogP contribution in [-0.2, 0) is 11.2 Å². The van der Waals surface area contributed by atoms with Gasteiger partial charge in [0.2, 0.25) is 0 Å². The third-order valence-electron chi connectivity index (χ3n) is 2.97. The number of ether oxygens (including phenoxy) is 1. The predicted octanol–water partition coefficient (Wildman–Crippen LogP) is 3.00. The van der Waals surface area contributed by atoms with Crippen LogP contribution in [0.3, 0.4) is 0 Å². The van der Waals surface area contributed by atoms with Crippen LogP contribution in [0.5, 0.6) is 0 Å². The standard InChI is InChI=1S/C14H18O2/c1-2-5-11-6-3-7-12(10-11)14(15)13-8-4-9-16-13/h3,6-7,10,13H,2,4-5,8-9H2,1H3. The van der Waals surface area contributed by atoms with Crippen LogP contribution in [0.1, 0.15) is 42.1 Å². The summed E-state index contributed by atoms with van der Waals surface area (Å²) in [7, 11) is 0. The second-order valence-electron chi connectivity index (χ2n) is 4.32. The molecule has 2 nitrogen and oxygen atoms in total. The molecular weight excluding hydrogens is 200 g/mol. The van der Waals surface area contributed by atoms with Gasteiger partial charge in [0.25, 0.3) is 0 Å². The molecule has 1 saturated heterocycles. The first-order valence-corrected chi connectivity index (χ1v) is 6.06. The Balaban J connectivity index is 2.12. The van der Waals surface area contributed by atoms with Crippen LogP contribution in [0.4, 0.5) is 0 Å². The SMILES string of the molecule is CCCc1cccc(C(=O)C2CCCO2)c1. The number of ketones is 1. The smallest absolute Gasteiger partial charge is 0.191 e. The number of benzene rings is 1. The Hall–Kier alpha value is -1.15. The van der Waals surface area contributed by atoms with Gasteiger partial charge >= 0.3 is 0 Å². The fraction of sp³-hybridized carbons (Fsp3) is 0.500. The van der Waals surface area contributed by atoms with Crippen LogP contribution >= 0.6 is 0 Å². The third-order valence-corrected chi connectivity index (χ3v) is 2.97. The number of carbonyl (C=O) groups excluding carboxylic acids is 1.